The van der Waals surface area contributed by atoms with E-state index in [0.717, 1.165) is 11.4 Å². The molecule has 2 fully saturated rings. The zero-order chi connectivity index (χ0) is 16.7. The van der Waals surface area contributed by atoms with Crippen molar-refractivity contribution in [3.63, 3.8) is 0 Å². The fourth-order valence-corrected chi connectivity index (χ4v) is 3.60. The molecule has 128 valence electrons. The number of rotatable bonds is 3. The van der Waals surface area contributed by atoms with Crippen LogP contribution in [-0.4, -0.2) is 48.6 Å². The minimum absolute atomic E-state index is 0.0198. The Bertz CT molecular complexity index is 659. The zero-order valence-electron chi connectivity index (χ0n) is 13.9. The van der Waals surface area contributed by atoms with E-state index in [4.69, 9.17) is 4.74 Å². The molecule has 24 heavy (non-hydrogen) atoms. The number of urea groups is 1. The van der Waals surface area contributed by atoms with Gasteiger partial charge in [0, 0.05) is 19.5 Å². The second-order valence-electron chi connectivity index (χ2n) is 6.84. The topological polar surface area (TPSA) is 61.9 Å². The first kappa shape index (κ1) is 15.3. The number of anilines is 1. The first-order valence-corrected chi connectivity index (χ1v) is 8.79. The van der Waals surface area contributed by atoms with E-state index in [9.17, 15) is 9.59 Å². The number of nitrogens with one attached hydrogen (secondary N) is 1. The summed E-state index contributed by atoms with van der Waals surface area (Å²) in [4.78, 5) is 29.1. The summed E-state index contributed by atoms with van der Waals surface area (Å²) in [6.07, 6.45) is 2.76. The highest BCUT2D eigenvalue weighted by Crippen LogP contribution is 2.39. The van der Waals surface area contributed by atoms with Gasteiger partial charge in [0.1, 0.15) is 17.9 Å². The van der Waals surface area contributed by atoms with Crippen molar-refractivity contribution >= 4 is 17.6 Å². The number of carbonyl (C=O) groups is 2. The maximum absolute atomic E-state index is 13.2. The number of hydrogen-bond acceptors (Lipinski definition) is 3. The van der Waals surface area contributed by atoms with Crippen LogP contribution in [0.15, 0.2) is 24.3 Å². The molecule has 1 aromatic carbocycles. The van der Waals surface area contributed by atoms with Crippen molar-refractivity contribution in [2.24, 2.45) is 5.92 Å². The third-order valence-electron chi connectivity index (χ3n) is 4.99. The van der Waals surface area contributed by atoms with E-state index in [0.29, 0.717) is 32.0 Å². The van der Waals surface area contributed by atoms with Crippen molar-refractivity contribution in [2.75, 3.05) is 24.5 Å². The van der Waals surface area contributed by atoms with E-state index in [1.807, 2.05) is 36.1 Å². The lowest BCUT2D eigenvalue weighted by Gasteiger charge is -2.31. The van der Waals surface area contributed by atoms with Crippen LogP contribution in [0.4, 0.5) is 10.5 Å². The van der Waals surface area contributed by atoms with Gasteiger partial charge < -0.3 is 19.9 Å². The Hall–Kier alpha value is -2.24. The number of carbonyl (C=O) groups excluding carboxylic acids is 2. The quantitative estimate of drug-likeness (QED) is 0.922. The van der Waals surface area contributed by atoms with Crippen molar-refractivity contribution < 1.29 is 14.3 Å². The summed E-state index contributed by atoms with van der Waals surface area (Å²) in [6, 6.07) is 7.09. The number of nitrogens with zero attached hydrogens (tertiary/aromatic N) is 2. The van der Waals surface area contributed by atoms with Crippen molar-refractivity contribution in [2.45, 2.75) is 38.3 Å². The molecule has 0 aromatic heterocycles. The van der Waals surface area contributed by atoms with E-state index in [1.54, 1.807) is 4.90 Å². The highest BCUT2D eigenvalue weighted by Gasteiger charge is 2.45. The van der Waals surface area contributed by atoms with Crippen LogP contribution in [0.3, 0.4) is 0 Å². The number of likely N-dealkylation sites (tertiary alicyclic amines) is 1. The van der Waals surface area contributed by atoms with Gasteiger partial charge in [-0.15, -0.1) is 0 Å². The van der Waals surface area contributed by atoms with Gasteiger partial charge in [0.05, 0.1) is 12.2 Å². The Morgan fingerprint density at radius 2 is 2.12 bits per heavy atom. The molecule has 2 aliphatic heterocycles. The largest absolute Gasteiger partial charge is 0.486 e. The lowest BCUT2D eigenvalue weighted by molar-refractivity contribution is -0.122. The summed E-state index contributed by atoms with van der Waals surface area (Å²) in [7, 11) is 0. The lowest BCUT2D eigenvalue weighted by atomic mass is 10.1. The third kappa shape index (κ3) is 2.70. The fourth-order valence-electron chi connectivity index (χ4n) is 3.60. The van der Waals surface area contributed by atoms with Gasteiger partial charge in [0.2, 0.25) is 5.91 Å². The van der Waals surface area contributed by atoms with Crippen molar-refractivity contribution in [3.8, 4) is 5.75 Å². The molecule has 0 spiro atoms. The molecular formula is C18H23N3O3. The van der Waals surface area contributed by atoms with Gasteiger partial charge in [0.25, 0.3) is 0 Å². The number of ether oxygens (including phenoxy) is 1. The first-order valence-electron chi connectivity index (χ1n) is 8.79. The van der Waals surface area contributed by atoms with Crippen LogP contribution in [-0.2, 0) is 4.79 Å². The SMILES string of the molecule is CCNC(=O)N1C[C@@H]2C[C@H]1C(=O)N(CC1CC1)c1ccccc1O2. The summed E-state index contributed by atoms with van der Waals surface area (Å²) in [5.74, 6) is 1.33. The number of para-hydroxylation sites is 2. The molecule has 3 amide bonds. The Labute approximate surface area is 141 Å². The standard InChI is InChI=1S/C18H23N3O3/c1-2-19-18(23)21-11-13-9-15(21)17(22)20(10-12-7-8-12)14-5-3-4-6-16(14)24-13/h3-6,12-13,15H,2,7-11H2,1H3,(H,19,23)/t13-,15-/m0/s1. The van der Waals surface area contributed by atoms with Crippen LogP contribution in [0.5, 0.6) is 5.75 Å². The normalized spacial score (nSPS) is 25.6. The highest BCUT2D eigenvalue weighted by molar-refractivity contribution is 6.01. The average molecular weight is 329 g/mol. The monoisotopic (exact) mass is 329 g/mol. The molecule has 1 N–H and O–H groups in total. The minimum Gasteiger partial charge on any atom is -0.486 e. The Morgan fingerprint density at radius 3 is 2.88 bits per heavy atom. The van der Waals surface area contributed by atoms with Gasteiger partial charge in [-0.25, -0.2) is 4.79 Å². The van der Waals surface area contributed by atoms with E-state index in [-0.39, 0.29) is 18.0 Å². The molecule has 0 radical (unpaired) electrons. The van der Waals surface area contributed by atoms with Gasteiger partial charge >= 0.3 is 6.03 Å². The van der Waals surface area contributed by atoms with Crippen LogP contribution in [0.2, 0.25) is 0 Å². The third-order valence-corrected chi connectivity index (χ3v) is 4.99. The summed E-state index contributed by atoms with van der Waals surface area (Å²) in [5, 5.41) is 2.81. The molecule has 2 bridgehead atoms. The van der Waals surface area contributed by atoms with Crippen LogP contribution < -0.4 is 15.0 Å². The summed E-state index contributed by atoms with van der Waals surface area (Å²) in [6.45, 7) is 3.59. The van der Waals surface area contributed by atoms with Crippen LogP contribution >= 0.6 is 0 Å². The highest BCUT2D eigenvalue weighted by atomic mass is 16.5. The first-order chi connectivity index (χ1) is 11.7. The Kier molecular flexibility index (Phi) is 3.82. The zero-order valence-corrected chi connectivity index (χ0v) is 13.9. The number of hydrogen-bond donors (Lipinski definition) is 1. The van der Waals surface area contributed by atoms with E-state index >= 15 is 0 Å². The molecule has 6 nitrogen and oxygen atoms in total. The van der Waals surface area contributed by atoms with E-state index in [1.165, 1.54) is 12.8 Å². The predicted molar refractivity (Wildman–Crippen MR) is 90.1 cm³/mol. The van der Waals surface area contributed by atoms with Gasteiger partial charge in [-0.3, -0.25) is 4.79 Å². The molecule has 0 unspecified atom stereocenters. The van der Waals surface area contributed by atoms with Crippen LogP contribution in [0.1, 0.15) is 26.2 Å². The van der Waals surface area contributed by atoms with Gasteiger partial charge in [-0.2, -0.15) is 0 Å². The molecule has 3 aliphatic rings. The van der Waals surface area contributed by atoms with Gasteiger partial charge in [-0.05, 0) is 37.8 Å². The smallest absolute Gasteiger partial charge is 0.318 e. The van der Waals surface area contributed by atoms with Crippen LogP contribution in [0, 0.1) is 5.92 Å². The fraction of sp³-hybridized carbons (Fsp3) is 0.556. The Morgan fingerprint density at radius 1 is 1.33 bits per heavy atom. The van der Waals surface area contributed by atoms with Crippen LogP contribution in [0.25, 0.3) is 0 Å². The maximum atomic E-state index is 13.2. The second-order valence-corrected chi connectivity index (χ2v) is 6.84. The summed E-state index contributed by atoms with van der Waals surface area (Å²) in [5.41, 5.74) is 0.835. The average Bonchev–Trinajstić information content (AvgIpc) is 3.29. The summed E-state index contributed by atoms with van der Waals surface area (Å²) < 4.78 is 6.15. The molecule has 2 heterocycles. The molecule has 1 aliphatic carbocycles. The molecule has 1 aromatic rings. The maximum Gasteiger partial charge on any atom is 0.318 e. The molecule has 1 saturated heterocycles. The number of amides is 3. The van der Waals surface area contributed by atoms with Crippen molar-refractivity contribution in [1.29, 1.82) is 0 Å². The minimum atomic E-state index is -0.436. The molecule has 1 saturated carbocycles. The molecule has 2 atom stereocenters. The Balaban J connectivity index is 1.68. The number of benzene rings is 1. The van der Waals surface area contributed by atoms with Gasteiger partial charge in [0.15, 0.2) is 0 Å². The van der Waals surface area contributed by atoms with Gasteiger partial charge in [-0.1, -0.05) is 12.1 Å². The van der Waals surface area contributed by atoms with E-state index < -0.39 is 6.04 Å². The van der Waals surface area contributed by atoms with Crippen molar-refractivity contribution in [1.82, 2.24) is 10.2 Å². The number of fused-ring (bicyclic) bond motifs is 3. The lowest BCUT2D eigenvalue weighted by Crippen LogP contribution is -2.51. The second kappa shape index (κ2) is 6.00. The van der Waals surface area contributed by atoms with E-state index in [2.05, 4.69) is 5.32 Å². The molecule has 4 rings (SSSR count). The predicted octanol–water partition coefficient (Wildman–Crippen LogP) is 1.99. The molecular weight excluding hydrogens is 306 g/mol. The summed E-state index contributed by atoms with van der Waals surface area (Å²) >= 11 is 0. The molecule has 6 heteroatoms. The van der Waals surface area contributed by atoms with Crippen molar-refractivity contribution in [3.05, 3.63) is 24.3 Å².